The first kappa shape index (κ1) is 26.1. The Balaban J connectivity index is 1.35. The highest BCUT2D eigenvalue weighted by Crippen LogP contribution is 2.38. The topological polar surface area (TPSA) is 164 Å². The molecule has 4 rings (SSSR count). The average molecular weight is 517 g/mol. The van der Waals surface area contributed by atoms with E-state index in [1.165, 1.54) is 12.1 Å². The van der Waals surface area contributed by atoms with E-state index < -0.39 is 17.1 Å². The third-order valence-corrected chi connectivity index (χ3v) is 5.55. The van der Waals surface area contributed by atoms with Crippen LogP contribution in [-0.2, 0) is 19.0 Å². The summed E-state index contributed by atoms with van der Waals surface area (Å²) in [4.78, 5) is 27.1. The maximum absolute atomic E-state index is 12.9. The predicted octanol–water partition coefficient (Wildman–Crippen LogP) is 1.69. The summed E-state index contributed by atoms with van der Waals surface area (Å²) in [5.41, 5.74) is 0.822. The average Bonchev–Trinajstić information content (AvgIpc) is 3.39. The summed E-state index contributed by atoms with van der Waals surface area (Å²) in [5, 5.41) is 25.3. The zero-order valence-electron chi connectivity index (χ0n) is 20.0. The number of aliphatic hydroxyl groups is 1. The van der Waals surface area contributed by atoms with Crippen molar-refractivity contribution in [1.82, 2.24) is 10.3 Å². The lowest BCUT2D eigenvalue weighted by Gasteiger charge is -2.29. The van der Waals surface area contributed by atoms with E-state index in [0.29, 0.717) is 30.3 Å². The van der Waals surface area contributed by atoms with Gasteiger partial charge < -0.3 is 39.4 Å². The minimum absolute atomic E-state index is 0.0751. The Labute approximate surface area is 212 Å². The number of rotatable bonds is 13. The molecule has 2 atom stereocenters. The normalized spacial score (nSPS) is 18.0. The molecule has 0 radical (unpaired) electrons. The fraction of sp³-hybridized carbons (Fsp3) is 0.417. The van der Waals surface area contributed by atoms with Crippen molar-refractivity contribution in [2.75, 3.05) is 51.6 Å². The van der Waals surface area contributed by atoms with E-state index in [0.717, 1.165) is 11.8 Å². The SMILES string of the molecule is O=C(NCCNc1ccc([N+](=O)[O-])cn1)C1=C[C@@H](c2ccc3c(c2)OCO3)C[C@@H](OCCOCCO)O1. The lowest BCUT2D eigenvalue weighted by molar-refractivity contribution is -0.385. The molecule has 2 aliphatic rings. The molecule has 3 N–H and O–H groups in total. The summed E-state index contributed by atoms with van der Waals surface area (Å²) in [6.45, 7) is 1.42. The van der Waals surface area contributed by atoms with Crippen LogP contribution in [0.2, 0.25) is 0 Å². The number of nitrogens with zero attached hydrogens (tertiary/aromatic N) is 2. The summed E-state index contributed by atoms with van der Waals surface area (Å²) in [5.74, 6) is 1.31. The lowest BCUT2D eigenvalue weighted by Crippen LogP contribution is -2.35. The summed E-state index contributed by atoms with van der Waals surface area (Å²) >= 11 is 0. The molecule has 2 aliphatic heterocycles. The number of amides is 1. The van der Waals surface area contributed by atoms with Crippen LogP contribution in [-0.4, -0.2) is 73.5 Å². The van der Waals surface area contributed by atoms with Crippen LogP contribution in [0.4, 0.5) is 11.5 Å². The van der Waals surface area contributed by atoms with E-state index in [-0.39, 0.29) is 57.1 Å². The number of nitrogens with one attached hydrogen (secondary N) is 2. The van der Waals surface area contributed by atoms with Gasteiger partial charge in [-0.1, -0.05) is 6.07 Å². The second-order valence-corrected chi connectivity index (χ2v) is 8.08. The van der Waals surface area contributed by atoms with Crippen molar-refractivity contribution < 1.29 is 38.5 Å². The van der Waals surface area contributed by atoms with E-state index in [1.54, 1.807) is 6.08 Å². The van der Waals surface area contributed by atoms with Crippen LogP contribution in [0.5, 0.6) is 11.5 Å². The maximum Gasteiger partial charge on any atom is 0.287 e. The summed E-state index contributed by atoms with van der Waals surface area (Å²) in [6.07, 6.45) is 2.71. The van der Waals surface area contributed by atoms with Crippen molar-refractivity contribution in [3.05, 3.63) is 64.0 Å². The third kappa shape index (κ3) is 7.29. The first-order chi connectivity index (χ1) is 18.0. The number of anilines is 1. The van der Waals surface area contributed by atoms with E-state index in [4.69, 9.17) is 28.8 Å². The predicted molar refractivity (Wildman–Crippen MR) is 129 cm³/mol. The van der Waals surface area contributed by atoms with Crippen LogP contribution in [0.1, 0.15) is 17.9 Å². The molecule has 1 aromatic carbocycles. The third-order valence-electron chi connectivity index (χ3n) is 5.55. The molecule has 2 aromatic rings. The Kier molecular flexibility index (Phi) is 9.08. The Morgan fingerprint density at radius 1 is 1.16 bits per heavy atom. The fourth-order valence-electron chi connectivity index (χ4n) is 3.75. The van der Waals surface area contributed by atoms with Crippen molar-refractivity contribution in [3.63, 3.8) is 0 Å². The number of aliphatic hydroxyl groups excluding tert-OH is 1. The monoisotopic (exact) mass is 516 g/mol. The van der Waals surface area contributed by atoms with Gasteiger partial charge in [0.1, 0.15) is 12.0 Å². The van der Waals surface area contributed by atoms with Crippen molar-refractivity contribution in [2.24, 2.45) is 0 Å². The molecule has 0 fully saturated rings. The van der Waals surface area contributed by atoms with Crippen molar-refractivity contribution in [1.29, 1.82) is 0 Å². The van der Waals surface area contributed by atoms with Gasteiger partial charge in [-0.2, -0.15) is 0 Å². The van der Waals surface area contributed by atoms with Gasteiger partial charge in [-0.3, -0.25) is 14.9 Å². The first-order valence-corrected chi connectivity index (χ1v) is 11.7. The summed E-state index contributed by atoms with van der Waals surface area (Å²) < 4.78 is 27.7. The number of ether oxygens (including phenoxy) is 5. The van der Waals surface area contributed by atoms with Gasteiger partial charge in [0.2, 0.25) is 13.1 Å². The molecule has 0 saturated heterocycles. The Bertz CT molecular complexity index is 1110. The van der Waals surface area contributed by atoms with Gasteiger partial charge in [0, 0.05) is 31.5 Å². The van der Waals surface area contributed by atoms with Crippen LogP contribution in [0, 0.1) is 10.1 Å². The highest BCUT2D eigenvalue weighted by Gasteiger charge is 2.29. The molecule has 0 saturated carbocycles. The van der Waals surface area contributed by atoms with E-state index in [2.05, 4.69) is 15.6 Å². The molecule has 37 heavy (non-hydrogen) atoms. The molecule has 0 unspecified atom stereocenters. The van der Waals surface area contributed by atoms with Gasteiger partial charge in [-0.25, -0.2) is 4.98 Å². The molecule has 198 valence electrons. The Hall–Kier alpha value is -3.94. The van der Waals surface area contributed by atoms with Crippen LogP contribution in [0.25, 0.3) is 0 Å². The number of nitro groups is 1. The van der Waals surface area contributed by atoms with Crippen molar-refractivity contribution in [3.8, 4) is 11.5 Å². The molecular weight excluding hydrogens is 488 g/mol. The van der Waals surface area contributed by atoms with Crippen LogP contribution >= 0.6 is 0 Å². The second kappa shape index (κ2) is 12.9. The summed E-state index contributed by atoms with van der Waals surface area (Å²) in [7, 11) is 0. The zero-order chi connectivity index (χ0) is 26.0. The van der Waals surface area contributed by atoms with Gasteiger partial charge in [0.25, 0.3) is 11.6 Å². The molecule has 1 aromatic heterocycles. The molecular formula is C24H28N4O9. The van der Waals surface area contributed by atoms with Crippen molar-refractivity contribution in [2.45, 2.75) is 18.6 Å². The standard InChI is InChI=1S/C24H28N4O9/c29-7-8-33-9-10-34-23-13-17(16-1-3-19-20(11-16)36-15-35-19)12-21(37-23)24(30)26-6-5-25-22-4-2-18(14-27-22)28(31)32/h1-4,11-12,14,17,23,29H,5-10,13,15H2,(H,25,27)(H,26,30)/t17-,23+/m1/s1. The zero-order valence-corrected chi connectivity index (χ0v) is 20.0. The molecule has 13 nitrogen and oxygen atoms in total. The number of aromatic nitrogens is 1. The number of pyridine rings is 1. The van der Waals surface area contributed by atoms with E-state index in [1.807, 2.05) is 18.2 Å². The Morgan fingerprint density at radius 2 is 2.03 bits per heavy atom. The maximum atomic E-state index is 12.9. The quantitative estimate of drug-likeness (QED) is 0.202. The molecule has 13 heteroatoms. The minimum atomic E-state index is -0.679. The number of allylic oxidation sites excluding steroid dienone is 1. The van der Waals surface area contributed by atoms with Crippen molar-refractivity contribution >= 4 is 17.4 Å². The van der Waals surface area contributed by atoms with Gasteiger partial charge in [-0.15, -0.1) is 0 Å². The van der Waals surface area contributed by atoms with Gasteiger partial charge >= 0.3 is 0 Å². The van der Waals surface area contributed by atoms with Crippen LogP contribution in [0.15, 0.2) is 48.4 Å². The first-order valence-electron chi connectivity index (χ1n) is 11.7. The fourth-order valence-corrected chi connectivity index (χ4v) is 3.75. The highest BCUT2D eigenvalue weighted by molar-refractivity contribution is 5.91. The largest absolute Gasteiger partial charge is 0.459 e. The van der Waals surface area contributed by atoms with Gasteiger partial charge in [0.15, 0.2) is 17.3 Å². The number of hydrogen-bond donors (Lipinski definition) is 3. The minimum Gasteiger partial charge on any atom is -0.459 e. The lowest BCUT2D eigenvalue weighted by atomic mass is 9.92. The van der Waals surface area contributed by atoms with Crippen LogP contribution < -0.4 is 20.1 Å². The molecule has 0 spiro atoms. The number of benzene rings is 1. The second-order valence-electron chi connectivity index (χ2n) is 8.08. The highest BCUT2D eigenvalue weighted by atomic mass is 16.7. The van der Waals surface area contributed by atoms with E-state index in [9.17, 15) is 14.9 Å². The van der Waals surface area contributed by atoms with E-state index >= 15 is 0 Å². The molecule has 0 aliphatic carbocycles. The molecule has 3 heterocycles. The van der Waals surface area contributed by atoms with Gasteiger partial charge in [-0.05, 0) is 29.8 Å². The number of carbonyl (C=O) groups excluding carboxylic acids is 1. The Morgan fingerprint density at radius 3 is 2.81 bits per heavy atom. The number of fused-ring (bicyclic) bond motifs is 1. The number of hydrogen-bond acceptors (Lipinski definition) is 11. The smallest absolute Gasteiger partial charge is 0.287 e. The molecule has 0 bridgehead atoms. The molecule has 1 amide bonds. The summed E-state index contributed by atoms with van der Waals surface area (Å²) in [6, 6.07) is 8.47. The van der Waals surface area contributed by atoms with Gasteiger partial charge in [0.05, 0.1) is 31.4 Å². The van der Waals surface area contributed by atoms with Crippen LogP contribution in [0.3, 0.4) is 0 Å². The number of carbonyl (C=O) groups is 1.